The van der Waals surface area contributed by atoms with Gasteiger partial charge in [0.2, 0.25) is 0 Å². The Kier molecular flexibility index (Phi) is 5.17. The summed E-state index contributed by atoms with van der Waals surface area (Å²) >= 11 is 7.69. The third-order valence-electron chi connectivity index (χ3n) is 3.89. The highest BCUT2D eigenvalue weighted by molar-refractivity contribution is 8.13. The molecule has 0 amide bonds. The van der Waals surface area contributed by atoms with Gasteiger partial charge in [0, 0.05) is 18.6 Å². The van der Waals surface area contributed by atoms with Gasteiger partial charge >= 0.3 is 0 Å². The Bertz CT molecular complexity index is 701. The number of thioether (sulfide) groups is 1. The molecule has 0 unspecified atom stereocenters. The molecule has 0 N–H and O–H groups in total. The van der Waals surface area contributed by atoms with Crippen LogP contribution in [0.2, 0.25) is 5.02 Å². The lowest BCUT2D eigenvalue weighted by Crippen LogP contribution is -2.37. The Morgan fingerprint density at radius 2 is 2.26 bits per heavy atom. The first-order valence-electron chi connectivity index (χ1n) is 7.56. The third kappa shape index (κ3) is 3.50. The quantitative estimate of drug-likeness (QED) is 0.615. The Hall–Kier alpha value is -1.60. The molecule has 3 rings (SSSR count). The third-order valence-corrected chi connectivity index (χ3v) is 4.91. The average molecular weight is 351 g/mol. The number of likely N-dealkylation sites (tertiary alicyclic amines) is 1. The molecule has 0 saturated carbocycles. The van der Waals surface area contributed by atoms with Crippen LogP contribution in [-0.2, 0) is 0 Å². The summed E-state index contributed by atoms with van der Waals surface area (Å²) in [4.78, 5) is 8.21. The van der Waals surface area contributed by atoms with Crippen molar-refractivity contribution in [1.82, 2.24) is 25.1 Å². The van der Waals surface area contributed by atoms with Gasteiger partial charge in [0.05, 0.1) is 11.7 Å². The first kappa shape index (κ1) is 16.3. The van der Waals surface area contributed by atoms with E-state index in [0.717, 1.165) is 36.1 Å². The number of amidine groups is 1. The molecule has 1 saturated heterocycles. The van der Waals surface area contributed by atoms with E-state index in [0.29, 0.717) is 5.02 Å². The zero-order chi connectivity index (χ0) is 16.2. The zero-order valence-corrected chi connectivity index (χ0v) is 14.8. The van der Waals surface area contributed by atoms with Gasteiger partial charge in [0.15, 0.2) is 11.0 Å². The van der Waals surface area contributed by atoms with Gasteiger partial charge in [-0.3, -0.25) is 4.99 Å². The summed E-state index contributed by atoms with van der Waals surface area (Å²) in [5.74, 6) is 0.736. The van der Waals surface area contributed by atoms with Crippen molar-refractivity contribution in [3.05, 3.63) is 35.1 Å². The number of aliphatic imine (C=N–C) groups is 1. The van der Waals surface area contributed by atoms with E-state index in [-0.39, 0.29) is 6.04 Å². The van der Waals surface area contributed by atoms with Crippen molar-refractivity contribution < 1.29 is 0 Å². The lowest BCUT2D eigenvalue weighted by Gasteiger charge is -2.35. The van der Waals surface area contributed by atoms with Gasteiger partial charge in [-0.05, 0) is 48.9 Å². The van der Waals surface area contributed by atoms with Gasteiger partial charge in [-0.2, -0.15) is 0 Å². The largest absolute Gasteiger partial charge is 0.341 e. The van der Waals surface area contributed by atoms with E-state index >= 15 is 0 Å². The van der Waals surface area contributed by atoms with E-state index < -0.39 is 0 Å². The lowest BCUT2D eigenvalue weighted by molar-refractivity contribution is 0.239. The molecule has 0 aliphatic carbocycles. The number of hydrogen-bond donors (Lipinski definition) is 0. The number of halogens is 1. The molecule has 2 heterocycles. The molecule has 1 aliphatic rings. The van der Waals surface area contributed by atoms with Gasteiger partial charge in [-0.15, -0.1) is 15.0 Å². The van der Waals surface area contributed by atoms with Crippen LogP contribution in [0.3, 0.4) is 0 Å². The molecule has 2 aromatic rings. The van der Waals surface area contributed by atoms with Crippen LogP contribution in [0.15, 0.2) is 29.3 Å². The Balaban J connectivity index is 1.88. The van der Waals surface area contributed by atoms with Crippen LogP contribution in [-0.4, -0.2) is 50.1 Å². The topological polar surface area (TPSA) is 59.2 Å². The van der Waals surface area contributed by atoms with Crippen molar-refractivity contribution in [2.75, 3.05) is 19.8 Å². The minimum Gasteiger partial charge on any atom is -0.341 e. The highest BCUT2D eigenvalue weighted by Gasteiger charge is 2.29. The predicted octanol–water partition coefficient (Wildman–Crippen LogP) is 3.19. The number of nitrogens with zero attached hydrogens (tertiary/aromatic N) is 6. The number of piperidine rings is 1. The zero-order valence-electron chi connectivity index (χ0n) is 13.2. The van der Waals surface area contributed by atoms with Crippen LogP contribution in [0.4, 0.5) is 0 Å². The summed E-state index contributed by atoms with van der Waals surface area (Å²) in [6, 6.07) is 7.57. The van der Waals surface area contributed by atoms with Crippen LogP contribution >= 0.6 is 23.4 Å². The Morgan fingerprint density at radius 3 is 3.00 bits per heavy atom. The molecule has 0 spiro atoms. The fourth-order valence-electron chi connectivity index (χ4n) is 2.83. The van der Waals surface area contributed by atoms with Crippen molar-refractivity contribution in [2.24, 2.45) is 4.99 Å². The van der Waals surface area contributed by atoms with Crippen LogP contribution in [0.25, 0.3) is 5.69 Å². The number of rotatable bonds is 2. The summed E-state index contributed by atoms with van der Waals surface area (Å²) in [5.41, 5.74) is 0.813. The minimum absolute atomic E-state index is 0.128. The van der Waals surface area contributed by atoms with E-state index in [1.165, 1.54) is 11.2 Å². The molecule has 1 fully saturated rings. The maximum Gasteiger partial charge on any atom is 0.197 e. The van der Waals surface area contributed by atoms with E-state index in [9.17, 15) is 0 Å². The number of aromatic nitrogens is 4. The van der Waals surface area contributed by atoms with Crippen molar-refractivity contribution >= 4 is 28.5 Å². The molecule has 1 aromatic carbocycles. The van der Waals surface area contributed by atoms with Crippen molar-refractivity contribution in [2.45, 2.75) is 25.3 Å². The summed E-state index contributed by atoms with van der Waals surface area (Å²) in [6.45, 7) is 0.976. The SMILES string of the molecule is CN=C(SC)N1CCCC[C@H]1c1nnn(-c2cccc(Cl)c2)n1. The van der Waals surface area contributed by atoms with E-state index in [2.05, 4.69) is 25.3 Å². The smallest absolute Gasteiger partial charge is 0.197 e. The van der Waals surface area contributed by atoms with E-state index in [4.69, 9.17) is 11.6 Å². The molecule has 0 radical (unpaired) electrons. The number of benzene rings is 1. The molecule has 6 nitrogen and oxygen atoms in total. The van der Waals surface area contributed by atoms with Crippen molar-refractivity contribution in [3.8, 4) is 5.69 Å². The Morgan fingerprint density at radius 1 is 1.39 bits per heavy atom. The molecule has 23 heavy (non-hydrogen) atoms. The molecule has 1 aliphatic heterocycles. The van der Waals surface area contributed by atoms with Crippen LogP contribution in [0.1, 0.15) is 31.1 Å². The van der Waals surface area contributed by atoms with Gasteiger partial charge < -0.3 is 4.90 Å². The normalized spacial score (nSPS) is 19.2. The molecular weight excluding hydrogens is 332 g/mol. The van der Waals surface area contributed by atoms with Crippen LogP contribution in [0, 0.1) is 0 Å². The molecule has 1 atom stereocenters. The summed E-state index contributed by atoms with van der Waals surface area (Å²) in [7, 11) is 1.83. The highest BCUT2D eigenvalue weighted by atomic mass is 35.5. The van der Waals surface area contributed by atoms with Gasteiger partial charge in [-0.1, -0.05) is 29.4 Å². The molecule has 122 valence electrons. The monoisotopic (exact) mass is 350 g/mol. The molecule has 1 aromatic heterocycles. The van der Waals surface area contributed by atoms with Gasteiger partial charge in [-0.25, -0.2) is 0 Å². The fourth-order valence-corrected chi connectivity index (χ4v) is 3.65. The number of tetrazole rings is 1. The molecular formula is C15H19ClN6S. The van der Waals surface area contributed by atoms with Gasteiger partial charge in [0.25, 0.3) is 0 Å². The first-order valence-corrected chi connectivity index (χ1v) is 9.16. The van der Waals surface area contributed by atoms with Crippen LogP contribution in [0.5, 0.6) is 0 Å². The molecule has 0 bridgehead atoms. The lowest BCUT2D eigenvalue weighted by atomic mass is 10.0. The second-order valence-electron chi connectivity index (χ2n) is 5.33. The maximum absolute atomic E-state index is 6.04. The van der Waals surface area contributed by atoms with Crippen LogP contribution < -0.4 is 0 Å². The summed E-state index contributed by atoms with van der Waals surface area (Å²) in [6.07, 6.45) is 5.39. The van der Waals surface area contributed by atoms with E-state index in [1.807, 2.05) is 37.6 Å². The second kappa shape index (κ2) is 7.31. The first-order chi connectivity index (χ1) is 11.2. The standard InChI is InChI=1S/C15H19ClN6S/c1-17-15(23-2)21-9-4-3-8-13(21)14-18-20-22(19-14)12-7-5-6-11(16)10-12/h5-7,10,13H,3-4,8-9H2,1-2H3/t13-/m0/s1. The van der Waals surface area contributed by atoms with Gasteiger partial charge in [0.1, 0.15) is 0 Å². The molecule has 8 heteroatoms. The minimum atomic E-state index is 0.128. The van der Waals surface area contributed by atoms with Crippen molar-refractivity contribution in [1.29, 1.82) is 0 Å². The van der Waals surface area contributed by atoms with E-state index in [1.54, 1.807) is 11.8 Å². The second-order valence-corrected chi connectivity index (χ2v) is 6.54. The Labute approximate surface area is 144 Å². The summed E-state index contributed by atoms with van der Waals surface area (Å²) in [5, 5.41) is 14.7. The van der Waals surface area contributed by atoms with Crippen molar-refractivity contribution in [3.63, 3.8) is 0 Å². The highest BCUT2D eigenvalue weighted by Crippen LogP contribution is 2.30. The fraction of sp³-hybridized carbons (Fsp3) is 0.467. The number of hydrogen-bond acceptors (Lipinski definition) is 5. The maximum atomic E-state index is 6.04. The average Bonchev–Trinajstić information content (AvgIpc) is 3.06. The predicted molar refractivity (Wildman–Crippen MR) is 94.3 cm³/mol. The summed E-state index contributed by atoms with van der Waals surface area (Å²) < 4.78 is 0.